The second-order valence-electron chi connectivity index (χ2n) is 5.37. The van der Waals surface area contributed by atoms with Gasteiger partial charge in [0.15, 0.2) is 5.96 Å². The number of allylic oxidation sites excluding steroid dienone is 1. The highest BCUT2D eigenvalue weighted by Crippen LogP contribution is 2.19. The fraction of sp³-hybridized carbons (Fsp3) is 0.800. The van der Waals surface area contributed by atoms with Gasteiger partial charge >= 0.3 is 0 Å². The van der Waals surface area contributed by atoms with Crippen molar-refractivity contribution in [1.82, 2.24) is 10.6 Å². The van der Waals surface area contributed by atoms with E-state index >= 15 is 0 Å². The van der Waals surface area contributed by atoms with Crippen LogP contribution in [0.25, 0.3) is 0 Å². The highest BCUT2D eigenvalue weighted by atomic mass is 127. The van der Waals surface area contributed by atoms with Crippen LogP contribution in [0.1, 0.15) is 44.9 Å². The van der Waals surface area contributed by atoms with Crippen molar-refractivity contribution in [2.75, 3.05) is 26.7 Å². The molecular formula is C15H28IN3O. The lowest BCUT2D eigenvalue weighted by Gasteiger charge is -2.16. The molecule has 2 N–H and O–H groups in total. The Labute approximate surface area is 139 Å². The Morgan fingerprint density at radius 3 is 2.90 bits per heavy atom. The van der Waals surface area contributed by atoms with Gasteiger partial charge in [0.2, 0.25) is 0 Å². The standard InChI is InChI=1S/C15H27N3O.HI/c1-16-15(18-12-14-8-5-11-19-14)17-10-9-13-6-3-2-4-7-13;/h6,14H,2-5,7-12H2,1H3,(H2,16,17,18);1H. The first-order chi connectivity index (χ1) is 9.38. The van der Waals surface area contributed by atoms with Gasteiger partial charge in [0.25, 0.3) is 0 Å². The summed E-state index contributed by atoms with van der Waals surface area (Å²) in [6.07, 6.45) is 11.5. The van der Waals surface area contributed by atoms with E-state index in [-0.39, 0.29) is 24.0 Å². The largest absolute Gasteiger partial charge is 0.376 e. The second kappa shape index (κ2) is 10.4. The Morgan fingerprint density at radius 2 is 2.25 bits per heavy atom. The summed E-state index contributed by atoms with van der Waals surface area (Å²) in [4.78, 5) is 4.25. The topological polar surface area (TPSA) is 45.7 Å². The minimum atomic E-state index is 0. The Bertz CT molecular complexity index is 325. The van der Waals surface area contributed by atoms with Gasteiger partial charge in [-0.1, -0.05) is 11.6 Å². The highest BCUT2D eigenvalue weighted by Gasteiger charge is 2.15. The van der Waals surface area contributed by atoms with Crippen molar-refractivity contribution < 1.29 is 4.74 Å². The van der Waals surface area contributed by atoms with Crippen molar-refractivity contribution in [3.8, 4) is 0 Å². The number of nitrogens with zero attached hydrogens (tertiary/aromatic N) is 1. The van der Waals surface area contributed by atoms with Crippen molar-refractivity contribution >= 4 is 29.9 Å². The van der Waals surface area contributed by atoms with Gasteiger partial charge in [-0.15, -0.1) is 24.0 Å². The van der Waals surface area contributed by atoms with Gasteiger partial charge in [0.05, 0.1) is 6.10 Å². The van der Waals surface area contributed by atoms with E-state index in [9.17, 15) is 0 Å². The predicted octanol–water partition coefficient (Wildman–Crippen LogP) is 2.84. The first-order valence-corrected chi connectivity index (χ1v) is 7.62. The van der Waals surface area contributed by atoms with Crippen LogP contribution in [0.2, 0.25) is 0 Å². The van der Waals surface area contributed by atoms with Crippen LogP contribution >= 0.6 is 24.0 Å². The van der Waals surface area contributed by atoms with Crippen molar-refractivity contribution in [3.05, 3.63) is 11.6 Å². The molecule has 0 aromatic rings. The van der Waals surface area contributed by atoms with Gasteiger partial charge in [-0.3, -0.25) is 4.99 Å². The Hall–Kier alpha value is -0.300. The molecule has 0 spiro atoms. The minimum Gasteiger partial charge on any atom is -0.376 e. The second-order valence-corrected chi connectivity index (χ2v) is 5.37. The van der Waals surface area contributed by atoms with E-state index in [0.29, 0.717) is 6.10 Å². The Kier molecular flexibility index (Phi) is 9.26. The van der Waals surface area contributed by atoms with E-state index < -0.39 is 0 Å². The molecule has 1 aliphatic carbocycles. The monoisotopic (exact) mass is 393 g/mol. The van der Waals surface area contributed by atoms with Crippen molar-refractivity contribution in [2.24, 2.45) is 4.99 Å². The number of hydrogen-bond acceptors (Lipinski definition) is 2. The smallest absolute Gasteiger partial charge is 0.191 e. The molecule has 0 amide bonds. The molecule has 1 saturated heterocycles. The molecule has 2 rings (SSSR count). The molecule has 4 nitrogen and oxygen atoms in total. The Balaban J connectivity index is 0.00000200. The highest BCUT2D eigenvalue weighted by molar-refractivity contribution is 14.0. The van der Waals surface area contributed by atoms with E-state index in [1.54, 1.807) is 5.57 Å². The third-order valence-corrected chi connectivity index (χ3v) is 3.87. The maximum Gasteiger partial charge on any atom is 0.191 e. The molecule has 1 atom stereocenters. The minimum absolute atomic E-state index is 0. The lowest BCUT2D eigenvalue weighted by Crippen LogP contribution is -2.41. The van der Waals surface area contributed by atoms with E-state index in [1.807, 2.05) is 7.05 Å². The quantitative estimate of drug-likeness (QED) is 0.327. The average molecular weight is 393 g/mol. The molecule has 1 fully saturated rings. The molecule has 1 unspecified atom stereocenters. The molecule has 0 radical (unpaired) electrons. The summed E-state index contributed by atoms with van der Waals surface area (Å²) in [6, 6.07) is 0. The van der Waals surface area contributed by atoms with Crippen molar-refractivity contribution in [1.29, 1.82) is 0 Å². The van der Waals surface area contributed by atoms with Gasteiger partial charge in [-0.2, -0.15) is 0 Å². The molecule has 5 heteroatoms. The molecule has 0 saturated carbocycles. The van der Waals surface area contributed by atoms with E-state index in [2.05, 4.69) is 21.7 Å². The van der Waals surface area contributed by atoms with Crippen LogP contribution in [0.4, 0.5) is 0 Å². The Morgan fingerprint density at radius 1 is 1.35 bits per heavy atom. The van der Waals surface area contributed by atoms with E-state index in [4.69, 9.17) is 4.74 Å². The summed E-state index contributed by atoms with van der Waals surface area (Å²) in [5.41, 5.74) is 1.60. The van der Waals surface area contributed by atoms with Gasteiger partial charge < -0.3 is 15.4 Å². The lowest BCUT2D eigenvalue weighted by atomic mass is 9.97. The average Bonchev–Trinajstić information content (AvgIpc) is 2.97. The zero-order valence-corrected chi connectivity index (χ0v) is 14.8. The molecule has 2 aliphatic rings. The van der Waals surface area contributed by atoms with Gasteiger partial charge in [-0.05, 0) is 44.9 Å². The molecule has 0 aromatic heterocycles. The first kappa shape index (κ1) is 17.8. The SMILES string of the molecule is CN=C(NCCC1=CCCCC1)NCC1CCCO1.I. The van der Waals surface area contributed by atoms with Gasteiger partial charge in [0, 0.05) is 26.7 Å². The lowest BCUT2D eigenvalue weighted by molar-refractivity contribution is 0.114. The third-order valence-electron chi connectivity index (χ3n) is 3.87. The predicted molar refractivity (Wildman–Crippen MR) is 94.9 cm³/mol. The van der Waals surface area contributed by atoms with Crippen molar-refractivity contribution in [3.63, 3.8) is 0 Å². The zero-order valence-electron chi connectivity index (χ0n) is 12.5. The van der Waals surface area contributed by atoms with Crippen LogP contribution in [-0.4, -0.2) is 38.8 Å². The molecule has 0 aromatic carbocycles. The van der Waals surface area contributed by atoms with Crippen LogP contribution in [0, 0.1) is 0 Å². The fourth-order valence-corrected chi connectivity index (χ4v) is 2.71. The zero-order chi connectivity index (χ0) is 13.3. The normalized spacial score (nSPS) is 22.9. The summed E-state index contributed by atoms with van der Waals surface area (Å²) in [5, 5.41) is 6.73. The number of nitrogens with one attached hydrogen (secondary N) is 2. The molecule has 1 aliphatic heterocycles. The van der Waals surface area contributed by atoms with Crippen molar-refractivity contribution in [2.45, 2.75) is 51.0 Å². The molecule has 1 heterocycles. The molecule has 116 valence electrons. The van der Waals surface area contributed by atoms with Gasteiger partial charge in [0.1, 0.15) is 0 Å². The number of ether oxygens (including phenoxy) is 1. The fourth-order valence-electron chi connectivity index (χ4n) is 2.71. The third kappa shape index (κ3) is 6.43. The van der Waals surface area contributed by atoms with Crippen LogP contribution in [-0.2, 0) is 4.74 Å². The molecular weight excluding hydrogens is 365 g/mol. The number of halogens is 1. The van der Waals surface area contributed by atoms with E-state index in [1.165, 1.54) is 32.1 Å². The summed E-state index contributed by atoms with van der Waals surface area (Å²) < 4.78 is 5.59. The van der Waals surface area contributed by atoms with Crippen LogP contribution in [0.15, 0.2) is 16.6 Å². The van der Waals surface area contributed by atoms with Crippen LogP contribution in [0.3, 0.4) is 0 Å². The number of guanidine groups is 1. The van der Waals surface area contributed by atoms with Gasteiger partial charge in [-0.25, -0.2) is 0 Å². The van der Waals surface area contributed by atoms with Crippen LogP contribution in [0.5, 0.6) is 0 Å². The number of rotatable bonds is 5. The molecule has 0 bridgehead atoms. The summed E-state index contributed by atoms with van der Waals surface area (Å²) in [7, 11) is 1.82. The maximum absolute atomic E-state index is 5.59. The van der Waals surface area contributed by atoms with E-state index in [0.717, 1.165) is 38.5 Å². The summed E-state index contributed by atoms with van der Waals surface area (Å²) >= 11 is 0. The summed E-state index contributed by atoms with van der Waals surface area (Å²) in [6.45, 7) is 2.74. The van der Waals surface area contributed by atoms with Crippen LogP contribution < -0.4 is 10.6 Å². The number of aliphatic imine (C=N–C) groups is 1. The molecule has 20 heavy (non-hydrogen) atoms. The first-order valence-electron chi connectivity index (χ1n) is 7.62. The number of hydrogen-bond donors (Lipinski definition) is 2. The maximum atomic E-state index is 5.59. The summed E-state index contributed by atoms with van der Waals surface area (Å²) in [5.74, 6) is 0.895.